The Labute approximate surface area is 155 Å². The van der Waals surface area contributed by atoms with Crippen molar-refractivity contribution in [2.45, 2.75) is 27.3 Å². The molecule has 3 rings (SSSR count). The molecular weight excluding hydrogens is 328 g/mol. The molecular formula is C20H28N4O2. The lowest BCUT2D eigenvalue weighted by atomic mass is 10.1. The Balaban J connectivity index is 1.52. The first-order valence-corrected chi connectivity index (χ1v) is 9.29. The summed E-state index contributed by atoms with van der Waals surface area (Å²) in [5.41, 5.74) is 3.06. The summed E-state index contributed by atoms with van der Waals surface area (Å²) in [7, 11) is 0. The van der Waals surface area contributed by atoms with Gasteiger partial charge in [0, 0.05) is 44.5 Å². The molecule has 1 fully saturated rings. The van der Waals surface area contributed by atoms with E-state index in [2.05, 4.69) is 27.9 Å². The molecule has 6 nitrogen and oxygen atoms in total. The van der Waals surface area contributed by atoms with Crippen LogP contribution < -0.4 is 4.90 Å². The molecule has 1 aromatic carbocycles. The zero-order valence-corrected chi connectivity index (χ0v) is 15.9. The molecule has 0 saturated carbocycles. The first-order chi connectivity index (χ1) is 12.6. The average molecular weight is 356 g/mol. The summed E-state index contributed by atoms with van der Waals surface area (Å²) in [6.45, 7) is 11.6. The predicted molar refractivity (Wildman–Crippen MR) is 102 cm³/mol. The van der Waals surface area contributed by atoms with Crippen LogP contribution in [0.25, 0.3) is 0 Å². The second-order valence-electron chi connectivity index (χ2n) is 6.91. The molecule has 2 aromatic rings. The summed E-state index contributed by atoms with van der Waals surface area (Å²) in [5.74, 6) is 1.07. The van der Waals surface area contributed by atoms with Crippen molar-refractivity contribution < 1.29 is 9.32 Å². The van der Waals surface area contributed by atoms with Crippen molar-refractivity contribution in [3.8, 4) is 0 Å². The highest BCUT2D eigenvalue weighted by Gasteiger charge is 2.23. The minimum absolute atomic E-state index is 0.168. The van der Waals surface area contributed by atoms with Gasteiger partial charge in [0.2, 0.25) is 5.91 Å². The van der Waals surface area contributed by atoms with Crippen LogP contribution in [-0.4, -0.2) is 60.1 Å². The number of anilines is 1. The van der Waals surface area contributed by atoms with Gasteiger partial charge < -0.3 is 9.42 Å². The molecule has 0 atom stereocenters. The maximum absolute atomic E-state index is 12.8. The van der Waals surface area contributed by atoms with Gasteiger partial charge in [0.25, 0.3) is 0 Å². The van der Waals surface area contributed by atoms with E-state index in [9.17, 15) is 4.79 Å². The molecule has 1 saturated heterocycles. The number of aryl methyl sites for hydroxylation is 2. The molecule has 140 valence electrons. The zero-order valence-electron chi connectivity index (χ0n) is 15.9. The van der Waals surface area contributed by atoms with Gasteiger partial charge in [-0.15, -0.1) is 0 Å². The van der Waals surface area contributed by atoms with Crippen molar-refractivity contribution in [1.29, 1.82) is 0 Å². The van der Waals surface area contributed by atoms with Crippen molar-refractivity contribution in [2.24, 2.45) is 0 Å². The fourth-order valence-corrected chi connectivity index (χ4v) is 3.44. The van der Waals surface area contributed by atoms with Crippen LogP contribution in [0.2, 0.25) is 0 Å². The third-order valence-electron chi connectivity index (χ3n) is 4.90. The third-order valence-corrected chi connectivity index (χ3v) is 4.90. The van der Waals surface area contributed by atoms with Crippen LogP contribution in [0.4, 0.5) is 5.69 Å². The van der Waals surface area contributed by atoms with Crippen LogP contribution in [-0.2, 0) is 11.3 Å². The number of benzene rings is 1. The first-order valence-electron chi connectivity index (χ1n) is 9.29. The monoisotopic (exact) mass is 356 g/mol. The second kappa shape index (κ2) is 8.47. The second-order valence-corrected chi connectivity index (χ2v) is 6.91. The Hall–Kier alpha value is -2.18. The maximum Gasteiger partial charge on any atom is 0.241 e. The highest BCUT2D eigenvalue weighted by molar-refractivity contribution is 5.95. The number of piperazine rings is 1. The molecule has 6 heteroatoms. The number of carbonyl (C=O) groups is 1. The SMILES string of the molecule is CCN(C(=O)CN1CCN(Cc2cc(C)no2)CC1)c1ccccc1C. The summed E-state index contributed by atoms with van der Waals surface area (Å²) >= 11 is 0. The van der Waals surface area contributed by atoms with E-state index < -0.39 is 0 Å². The van der Waals surface area contributed by atoms with E-state index in [1.807, 2.05) is 43.0 Å². The standard InChI is InChI=1S/C20H28N4O2/c1-4-24(19-8-6-5-7-16(19)2)20(25)15-23-11-9-22(10-12-23)14-18-13-17(3)21-26-18/h5-8,13H,4,9-12,14-15H2,1-3H3. The minimum Gasteiger partial charge on any atom is -0.360 e. The topological polar surface area (TPSA) is 52.8 Å². The van der Waals surface area contributed by atoms with E-state index in [0.717, 1.165) is 55.4 Å². The van der Waals surface area contributed by atoms with Crippen molar-refractivity contribution in [3.05, 3.63) is 47.3 Å². The van der Waals surface area contributed by atoms with Crippen molar-refractivity contribution in [1.82, 2.24) is 15.0 Å². The van der Waals surface area contributed by atoms with Gasteiger partial charge in [-0.05, 0) is 32.4 Å². The predicted octanol–water partition coefficient (Wildman–Crippen LogP) is 2.46. The number of likely N-dealkylation sites (N-methyl/N-ethyl adjacent to an activating group) is 1. The Morgan fingerprint density at radius 3 is 2.46 bits per heavy atom. The molecule has 1 aromatic heterocycles. The number of hydrogen-bond acceptors (Lipinski definition) is 5. The maximum atomic E-state index is 12.8. The molecule has 0 N–H and O–H groups in total. The molecule has 26 heavy (non-hydrogen) atoms. The van der Waals surface area contributed by atoms with Crippen LogP contribution in [0, 0.1) is 13.8 Å². The van der Waals surface area contributed by atoms with E-state index in [0.29, 0.717) is 13.1 Å². The Morgan fingerprint density at radius 2 is 1.85 bits per heavy atom. The summed E-state index contributed by atoms with van der Waals surface area (Å²) in [6, 6.07) is 10.1. The van der Waals surface area contributed by atoms with Crippen LogP contribution in [0.5, 0.6) is 0 Å². The van der Waals surface area contributed by atoms with Gasteiger partial charge in [0.15, 0.2) is 5.76 Å². The minimum atomic E-state index is 0.168. The fraction of sp³-hybridized carbons (Fsp3) is 0.500. The largest absolute Gasteiger partial charge is 0.360 e. The lowest BCUT2D eigenvalue weighted by Crippen LogP contribution is -2.49. The number of para-hydroxylation sites is 1. The van der Waals surface area contributed by atoms with E-state index in [4.69, 9.17) is 4.52 Å². The molecule has 1 aliphatic heterocycles. The lowest BCUT2D eigenvalue weighted by Gasteiger charge is -2.35. The lowest BCUT2D eigenvalue weighted by molar-refractivity contribution is -0.120. The normalized spacial score (nSPS) is 16.0. The summed E-state index contributed by atoms with van der Waals surface area (Å²) in [4.78, 5) is 19.3. The summed E-state index contributed by atoms with van der Waals surface area (Å²) < 4.78 is 5.30. The Bertz CT molecular complexity index is 735. The van der Waals surface area contributed by atoms with Gasteiger partial charge in [0.1, 0.15) is 0 Å². The van der Waals surface area contributed by atoms with Gasteiger partial charge >= 0.3 is 0 Å². The number of carbonyl (C=O) groups excluding carboxylic acids is 1. The van der Waals surface area contributed by atoms with Crippen molar-refractivity contribution >= 4 is 11.6 Å². The summed E-state index contributed by atoms with van der Waals surface area (Å²) in [6.07, 6.45) is 0. The number of rotatable bonds is 6. The molecule has 1 aliphatic rings. The quantitative estimate of drug-likeness (QED) is 0.796. The summed E-state index contributed by atoms with van der Waals surface area (Å²) in [5, 5.41) is 3.94. The van der Waals surface area contributed by atoms with Crippen LogP contribution in [0.3, 0.4) is 0 Å². The zero-order chi connectivity index (χ0) is 18.5. The van der Waals surface area contributed by atoms with Crippen molar-refractivity contribution in [2.75, 3.05) is 44.2 Å². The number of hydrogen-bond donors (Lipinski definition) is 0. The fourth-order valence-electron chi connectivity index (χ4n) is 3.44. The highest BCUT2D eigenvalue weighted by atomic mass is 16.5. The third kappa shape index (κ3) is 4.51. The molecule has 1 amide bonds. The number of nitrogens with zero attached hydrogens (tertiary/aromatic N) is 4. The van der Waals surface area contributed by atoms with E-state index in [1.54, 1.807) is 0 Å². The van der Waals surface area contributed by atoms with Gasteiger partial charge in [-0.2, -0.15) is 0 Å². The molecule has 0 unspecified atom stereocenters. The number of aromatic nitrogens is 1. The highest BCUT2D eigenvalue weighted by Crippen LogP contribution is 2.19. The smallest absolute Gasteiger partial charge is 0.241 e. The molecule has 0 spiro atoms. The van der Waals surface area contributed by atoms with E-state index in [1.165, 1.54) is 0 Å². The van der Waals surface area contributed by atoms with Gasteiger partial charge in [-0.25, -0.2) is 0 Å². The van der Waals surface area contributed by atoms with Gasteiger partial charge in [0.05, 0.1) is 18.8 Å². The van der Waals surface area contributed by atoms with Gasteiger partial charge in [-0.1, -0.05) is 23.4 Å². The molecule has 0 aliphatic carbocycles. The van der Waals surface area contributed by atoms with Gasteiger partial charge in [-0.3, -0.25) is 14.6 Å². The molecule has 2 heterocycles. The molecule has 0 radical (unpaired) electrons. The van der Waals surface area contributed by atoms with Crippen LogP contribution in [0.15, 0.2) is 34.9 Å². The van der Waals surface area contributed by atoms with Crippen LogP contribution >= 0.6 is 0 Å². The van der Waals surface area contributed by atoms with E-state index >= 15 is 0 Å². The number of amides is 1. The average Bonchev–Trinajstić information content (AvgIpc) is 3.04. The molecule has 0 bridgehead atoms. The first kappa shape index (κ1) is 18.6. The van der Waals surface area contributed by atoms with E-state index in [-0.39, 0.29) is 5.91 Å². The Morgan fingerprint density at radius 1 is 1.15 bits per heavy atom. The Kier molecular flexibility index (Phi) is 6.06. The van der Waals surface area contributed by atoms with Crippen LogP contribution in [0.1, 0.15) is 23.9 Å². The van der Waals surface area contributed by atoms with Crippen molar-refractivity contribution in [3.63, 3.8) is 0 Å².